The molecule has 1 saturated heterocycles. The fraction of sp³-hybridized carbons (Fsp3) is 0.409. The highest BCUT2D eigenvalue weighted by atomic mass is 16.5. The number of carbonyl (C=O) groups is 1. The molecule has 152 valence electrons. The SMILES string of the molecule is COC(=O)C(C)(C)NCc1cc2c(N3CCCC3)nc(-c3ccccc3)nc2[nH]1. The van der Waals surface area contributed by atoms with Gasteiger partial charge in [0.25, 0.3) is 0 Å². The Morgan fingerprint density at radius 1 is 1.21 bits per heavy atom. The van der Waals surface area contributed by atoms with Gasteiger partial charge in [0, 0.05) is 30.9 Å². The van der Waals surface area contributed by atoms with Gasteiger partial charge < -0.3 is 14.6 Å². The summed E-state index contributed by atoms with van der Waals surface area (Å²) in [6.45, 7) is 6.14. The summed E-state index contributed by atoms with van der Waals surface area (Å²) in [4.78, 5) is 27.4. The van der Waals surface area contributed by atoms with Crippen LogP contribution < -0.4 is 10.2 Å². The largest absolute Gasteiger partial charge is 0.468 e. The number of fused-ring (bicyclic) bond motifs is 1. The summed E-state index contributed by atoms with van der Waals surface area (Å²) >= 11 is 0. The average Bonchev–Trinajstić information content (AvgIpc) is 3.41. The van der Waals surface area contributed by atoms with Gasteiger partial charge in [-0.15, -0.1) is 0 Å². The highest BCUT2D eigenvalue weighted by Crippen LogP contribution is 2.30. The van der Waals surface area contributed by atoms with E-state index < -0.39 is 5.54 Å². The van der Waals surface area contributed by atoms with E-state index in [9.17, 15) is 4.79 Å². The molecule has 7 nitrogen and oxygen atoms in total. The average molecular weight is 393 g/mol. The molecule has 29 heavy (non-hydrogen) atoms. The highest BCUT2D eigenvalue weighted by Gasteiger charge is 2.28. The van der Waals surface area contributed by atoms with Crippen LogP contribution in [-0.2, 0) is 16.1 Å². The highest BCUT2D eigenvalue weighted by molar-refractivity contribution is 5.90. The van der Waals surface area contributed by atoms with Gasteiger partial charge in [0.2, 0.25) is 0 Å². The molecular weight excluding hydrogens is 366 g/mol. The number of anilines is 1. The van der Waals surface area contributed by atoms with E-state index in [-0.39, 0.29) is 5.97 Å². The molecule has 3 heterocycles. The quantitative estimate of drug-likeness (QED) is 0.626. The topological polar surface area (TPSA) is 83.1 Å². The van der Waals surface area contributed by atoms with E-state index >= 15 is 0 Å². The Bertz CT molecular complexity index is 1010. The van der Waals surface area contributed by atoms with E-state index in [0.717, 1.165) is 47.0 Å². The number of methoxy groups -OCH3 is 1. The summed E-state index contributed by atoms with van der Waals surface area (Å²) < 4.78 is 4.87. The van der Waals surface area contributed by atoms with Crippen LogP contribution in [0.5, 0.6) is 0 Å². The van der Waals surface area contributed by atoms with Gasteiger partial charge in [-0.2, -0.15) is 0 Å². The van der Waals surface area contributed by atoms with Crippen molar-refractivity contribution in [3.05, 3.63) is 42.1 Å². The van der Waals surface area contributed by atoms with E-state index in [2.05, 4.69) is 21.3 Å². The zero-order chi connectivity index (χ0) is 20.4. The van der Waals surface area contributed by atoms with Gasteiger partial charge in [0.1, 0.15) is 17.0 Å². The molecule has 3 aromatic rings. The van der Waals surface area contributed by atoms with Crippen molar-refractivity contribution >= 4 is 22.8 Å². The number of nitrogens with zero attached hydrogens (tertiary/aromatic N) is 3. The van der Waals surface area contributed by atoms with Crippen LogP contribution >= 0.6 is 0 Å². The van der Waals surface area contributed by atoms with Crippen LogP contribution in [0.2, 0.25) is 0 Å². The van der Waals surface area contributed by atoms with Crippen LogP contribution in [-0.4, -0.2) is 46.7 Å². The van der Waals surface area contributed by atoms with Crippen LogP contribution in [0.1, 0.15) is 32.4 Å². The minimum atomic E-state index is -0.773. The van der Waals surface area contributed by atoms with Crippen molar-refractivity contribution in [1.29, 1.82) is 0 Å². The molecule has 0 bridgehead atoms. The Labute approximate surface area is 170 Å². The Morgan fingerprint density at radius 3 is 2.62 bits per heavy atom. The third-order valence-corrected chi connectivity index (χ3v) is 5.38. The zero-order valence-corrected chi connectivity index (χ0v) is 17.2. The third-order valence-electron chi connectivity index (χ3n) is 5.38. The van der Waals surface area contributed by atoms with Crippen molar-refractivity contribution in [3.63, 3.8) is 0 Å². The molecule has 0 aliphatic carbocycles. The lowest BCUT2D eigenvalue weighted by molar-refractivity contribution is -0.147. The summed E-state index contributed by atoms with van der Waals surface area (Å²) in [5.41, 5.74) is 1.99. The lowest BCUT2D eigenvalue weighted by Gasteiger charge is -2.22. The van der Waals surface area contributed by atoms with E-state index in [0.29, 0.717) is 6.54 Å². The smallest absolute Gasteiger partial charge is 0.325 e. The van der Waals surface area contributed by atoms with Crippen molar-refractivity contribution < 1.29 is 9.53 Å². The second-order valence-corrected chi connectivity index (χ2v) is 7.96. The fourth-order valence-electron chi connectivity index (χ4n) is 3.67. The summed E-state index contributed by atoms with van der Waals surface area (Å²) in [7, 11) is 1.40. The molecule has 0 amide bonds. The molecule has 1 aliphatic heterocycles. The van der Waals surface area contributed by atoms with Gasteiger partial charge in [0.05, 0.1) is 12.5 Å². The van der Waals surface area contributed by atoms with Crippen LogP contribution in [0.4, 0.5) is 5.82 Å². The first-order valence-electron chi connectivity index (χ1n) is 10.0. The number of benzene rings is 1. The first kappa shape index (κ1) is 19.4. The molecule has 0 unspecified atom stereocenters. The summed E-state index contributed by atoms with van der Waals surface area (Å²) in [6.07, 6.45) is 2.36. The third kappa shape index (κ3) is 3.96. The van der Waals surface area contributed by atoms with Crippen molar-refractivity contribution in [2.75, 3.05) is 25.1 Å². The maximum Gasteiger partial charge on any atom is 0.325 e. The number of hydrogen-bond donors (Lipinski definition) is 2. The number of hydrogen-bond acceptors (Lipinski definition) is 6. The van der Waals surface area contributed by atoms with Gasteiger partial charge >= 0.3 is 5.97 Å². The monoisotopic (exact) mass is 393 g/mol. The number of aromatic amines is 1. The van der Waals surface area contributed by atoms with E-state index in [1.54, 1.807) is 0 Å². The van der Waals surface area contributed by atoms with Gasteiger partial charge in [-0.1, -0.05) is 30.3 Å². The first-order chi connectivity index (χ1) is 14.0. The first-order valence-corrected chi connectivity index (χ1v) is 10.0. The summed E-state index contributed by atoms with van der Waals surface area (Å²) in [5, 5.41) is 4.27. The van der Waals surface area contributed by atoms with Crippen LogP contribution in [0.3, 0.4) is 0 Å². The van der Waals surface area contributed by atoms with Crippen LogP contribution in [0.25, 0.3) is 22.4 Å². The molecule has 2 aromatic heterocycles. The molecule has 7 heteroatoms. The van der Waals surface area contributed by atoms with Crippen LogP contribution in [0, 0.1) is 0 Å². The predicted molar refractivity (Wildman–Crippen MR) is 114 cm³/mol. The normalized spacial score (nSPS) is 14.5. The minimum absolute atomic E-state index is 0.294. The molecule has 0 saturated carbocycles. The lowest BCUT2D eigenvalue weighted by Crippen LogP contribution is -2.47. The van der Waals surface area contributed by atoms with Crippen molar-refractivity contribution in [2.24, 2.45) is 0 Å². The second kappa shape index (κ2) is 7.83. The van der Waals surface area contributed by atoms with Crippen molar-refractivity contribution in [1.82, 2.24) is 20.3 Å². The Morgan fingerprint density at radius 2 is 1.93 bits per heavy atom. The lowest BCUT2D eigenvalue weighted by atomic mass is 10.1. The maximum atomic E-state index is 11.9. The van der Waals surface area contributed by atoms with Crippen molar-refractivity contribution in [3.8, 4) is 11.4 Å². The number of H-pyrrole nitrogens is 1. The number of carbonyl (C=O) groups excluding carboxylic acids is 1. The fourth-order valence-corrected chi connectivity index (χ4v) is 3.67. The van der Waals surface area contributed by atoms with Crippen molar-refractivity contribution in [2.45, 2.75) is 38.8 Å². The summed E-state index contributed by atoms with van der Waals surface area (Å²) in [6, 6.07) is 12.1. The Balaban J connectivity index is 1.70. The Hall–Kier alpha value is -2.93. The molecule has 1 aliphatic rings. The number of aromatic nitrogens is 3. The molecule has 0 radical (unpaired) electrons. The Kier molecular flexibility index (Phi) is 5.24. The van der Waals surface area contributed by atoms with Gasteiger partial charge in [0.15, 0.2) is 5.82 Å². The van der Waals surface area contributed by atoms with E-state index in [1.165, 1.54) is 20.0 Å². The number of esters is 1. The van der Waals surface area contributed by atoms with Gasteiger partial charge in [-0.25, -0.2) is 9.97 Å². The van der Waals surface area contributed by atoms with Crippen LogP contribution in [0.15, 0.2) is 36.4 Å². The molecule has 1 fully saturated rings. The zero-order valence-electron chi connectivity index (χ0n) is 17.2. The molecule has 2 N–H and O–H groups in total. The molecule has 0 atom stereocenters. The molecule has 0 spiro atoms. The summed E-state index contributed by atoms with van der Waals surface area (Å²) in [5.74, 6) is 1.40. The van der Waals surface area contributed by atoms with E-state index in [1.807, 2.05) is 44.2 Å². The van der Waals surface area contributed by atoms with Gasteiger partial charge in [-0.3, -0.25) is 10.1 Å². The molecular formula is C22H27N5O2. The second-order valence-electron chi connectivity index (χ2n) is 7.96. The molecule has 1 aromatic carbocycles. The number of nitrogens with one attached hydrogen (secondary N) is 2. The minimum Gasteiger partial charge on any atom is -0.468 e. The number of rotatable bonds is 6. The van der Waals surface area contributed by atoms with E-state index in [4.69, 9.17) is 14.7 Å². The number of ether oxygens (including phenoxy) is 1. The maximum absolute atomic E-state index is 11.9. The predicted octanol–water partition coefficient (Wildman–Crippen LogP) is 3.27. The standard InChI is InChI=1S/C22H27N5O2/c1-22(2,21(28)29-3)23-14-16-13-17-19(24-16)25-18(15-9-5-4-6-10-15)26-20(17)27-11-7-8-12-27/h4-6,9-10,13,23H,7-8,11-12,14H2,1-3H3,(H,24,25,26). The van der Waals surface area contributed by atoms with Gasteiger partial charge in [-0.05, 0) is 32.8 Å². The molecule has 4 rings (SSSR count).